The van der Waals surface area contributed by atoms with Gasteiger partial charge in [-0.25, -0.2) is 0 Å². The van der Waals surface area contributed by atoms with E-state index < -0.39 is 0 Å². The Morgan fingerprint density at radius 1 is 1.47 bits per heavy atom. The number of thiophene rings is 1. The average molecular weight is 248 g/mol. The molecule has 0 radical (unpaired) electrons. The van der Waals surface area contributed by atoms with E-state index in [0.29, 0.717) is 6.10 Å². The number of hydrogen-bond acceptors (Lipinski definition) is 3. The van der Waals surface area contributed by atoms with E-state index >= 15 is 0 Å². The molecular weight excluding hydrogens is 230 g/mol. The molecule has 2 N–H and O–H groups in total. The molecule has 0 aromatic carbocycles. The van der Waals surface area contributed by atoms with E-state index in [-0.39, 0.29) is 6.04 Å². The molecule has 1 aromatic rings. The molecule has 0 aliphatic rings. The standard InChI is InChI=1S/C11H18ClNOS/c1-8(14-2)3-4-9(13)7-10-5-6-11(12)15-10/h5-6,8-9H,3-4,7,13H2,1-2H3. The Bertz CT molecular complexity index is 290. The Labute approximate surface area is 100 Å². The van der Waals surface area contributed by atoms with Crippen molar-refractivity contribution >= 4 is 22.9 Å². The Balaban J connectivity index is 2.27. The molecule has 2 unspecified atom stereocenters. The minimum absolute atomic E-state index is 0.206. The van der Waals surface area contributed by atoms with Crippen LogP contribution in [0.1, 0.15) is 24.6 Å². The minimum atomic E-state index is 0.206. The summed E-state index contributed by atoms with van der Waals surface area (Å²) in [4.78, 5) is 1.26. The van der Waals surface area contributed by atoms with Gasteiger partial charge in [-0.15, -0.1) is 11.3 Å². The summed E-state index contributed by atoms with van der Waals surface area (Å²) in [6, 6.07) is 4.18. The van der Waals surface area contributed by atoms with E-state index in [0.717, 1.165) is 23.6 Å². The summed E-state index contributed by atoms with van der Waals surface area (Å²) in [7, 11) is 1.73. The predicted octanol–water partition coefficient (Wildman–Crippen LogP) is 3.09. The van der Waals surface area contributed by atoms with Crippen LogP contribution in [-0.4, -0.2) is 19.3 Å². The average Bonchev–Trinajstić information content (AvgIpc) is 2.60. The molecule has 86 valence electrons. The van der Waals surface area contributed by atoms with E-state index in [1.807, 2.05) is 12.1 Å². The fourth-order valence-electron chi connectivity index (χ4n) is 1.39. The Kier molecular flexibility index (Phi) is 5.61. The molecule has 0 aliphatic heterocycles. The van der Waals surface area contributed by atoms with Gasteiger partial charge in [-0.2, -0.15) is 0 Å². The number of ether oxygens (including phenoxy) is 1. The second kappa shape index (κ2) is 6.48. The van der Waals surface area contributed by atoms with Gasteiger partial charge in [0.2, 0.25) is 0 Å². The molecule has 0 aliphatic carbocycles. The van der Waals surface area contributed by atoms with E-state index in [9.17, 15) is 0 Å². The van der Waals surface area contributed by atoms with Gasteiger partial charge in [0.05, 0.1) is 10.4 Å². The van der Waals surface area contributed by atoms with Crippen LogP contribution in [0.15, 0.2) is 12.1 Å². The molecule has 1 heterocycles. The molecule has 0 amide bonds. The van der Waals surface area contributed by atoms with Gasteiger partial charge >= 0.3 is 0 Å². The first-order chi connectivity index (χ1) is 7.11. The maximum absolute atomic E-state index is 6.03. The maximum Gasteiger partial charge on any atom is 0.0931 e. The van der Waals surface area contributed by atoms with Gasteiger partial charge in [0.1, 0.15) is 0 Å². The Morgan fingerprint density at radius 3 is 2.73 bits per heavy atom. The molecule has 0 spiro atoms. The molecule has 4 heteroatoms. The van der Waals surface area contributed by atoms with Crippen LogP contribution in [0.25, 0.3) is 0 Å². The van der Waals surface area contributed by atoms with Crippen molar-refractivity contribution in [2.45, 2.75) is 38.3 Å². The van der Waals surface area contributed by atoms with Crippen molar-refractivity contribution in [3.05, 3.63) is 21.3 Å². The van der Waals surface area contributed by atoms with Gasteiger partial charge in [0, 0.05) is 18.0 Å². The molecule has 0 fully saturated rings. The van der Waals surface area contributed by atoms with Crippen molar-refractivity contribution in [2.24, 2.45) is 5.73 Å². The third-order valence-electron chi connectivity index (χ3n) is 2.44. The Hall–Kier alpha value is -0.0900. The first-order valence-corrected chi connectivity index (χ1v) is 6.34. The van der Waals surface area contributed by atoms with Crippen molar-refractivity contribution in [3.8, 4) is 0 Å². The van der Waals surface area contributed by atoms with Crippen LogP contribution in [0.2, 0.25) is 4.34 Å². The van der Waals surface area contributed by atoms with Gasteiger partial charge in [0.15, 0.2) is 0 Å². The lowest BCUT2D eigenvalue weighted by molar-refractivity contribution is 0.107. The third-order valence-corrected chi connectivity index (χ3v) is 3.69. The molecule has 2 nitrogen and oxygen atoms in total. The lowest BCUT2D eigenvalue weighted by atomic mass is 10.1. The van der Waals surface area contributed by atoms with Crippen molar-refractivity contribution < 1.29 is 4.74 Å². The maximum atomic E-state index is 6.03. The lowest BCUT2D eigenvalue weighted by Gasteiger charge is -2.13. The van der Waals surface area contributed by atoms with Gasteiger partial charge in [0.25, 0.3) is 0 Å². The number of halogens is 1. The SMILES string of the molecule is COC(C)CCC(N)Cc1ccc(Cl)s1. The summed E-state index contributed by atoms with van der Waals surface area (Å²) in [6.45, 7) is 2.06. The highest BCUT2D eigenvalue weighted by Crippen LogP contribution is 2.22. The molecule has 2 atom stereocenters. The topological polar surface area (TPSA) is 35.2 Å². The van der Waals surface area contributed by atoms with E-state index in [2.05, 4.69) is 6.92 Å². The fraction of sp³-hybridized carbons (Fsp3) is 0.636. The van der Waals surface area contributed by atoms with Crippen LogP contribution < -0.4 is 5.73 Å². The van der Waals surface area contributed by atoms with E-state index in [1.165, 1.54) is 4.88 Å². The second-order valence-electron chi connectivity index (χ2n) is 3.79. The van der Waals surface area contributed by atoms with E-state index in [1.54, 1.807) is 18.4 Å². The largest absolute Gasteiger partial charge is 0.382 e. The van der Waals surface area contributed by atoms with Crippen molar-refractivity contribution in [1.29, 1.82) is 0 Å². The smallest absolute Gasteiger partial charge is 0.0931 e. The summed E-state index contributed by atoms with van der Waals surface area (Å²) in [5, 5.41) is 0. The minimum Gasteiger partial charge on any atom is -0.382 e. The van der Waals surface area contributed by atoms with Gasteiger partial charge in [-0.1, -0.05) is 11.6 Å². The number of hydrogen-bond donors (Lipinski definition) is 1. The highest BCUT2D eigenvalue weighted by molar-refractivity contribution is 7.16. The number of nitrogens with two attached hydrogens (primary N) is 1. The number of methoxy groups -OCH3 is 1. The van der Waals surface area contributed by atoms with Crippen molar-refractivity contribution in [1.82, 2.24) is 0 Å². The molecule has 0 bridgehead atoms. The predicted molar refractivity (Wildman–Crippen MR) is 66.7 cm³/mol. The zero-order valence-corrected chi connectivity index (χ0v) is 10.8. The van der Waals surface area contributed by atoms with Crippen LogP contribution in [0, 0.1) is 0 Å². The van der Waals surface area contributed by atoms with Gasteiger partial charge in [-0.3, -0.25) is 0 Å². The summed E-state index contributed by atoms with van der Waals surface area (Å²) in [6.07, 6.45) is 3.21. The Morgan fingerprint density at radius 2 is 2.20 bits per heavy atom. The zero-order valence-electron chi connectivity index (χ0n) is 9.20. The van der Waals surface area contributed by atoms with Gasteiger partial charge < -0.3 is 10.5 Å². The van der Waals surface area contributed by atoms with Crippen molar-refractivity contribution in [3.63, 3.8) is 0 Å². The highest BCUT2D eigenvalue weighted by Gasteiger charge is 2.08. The third kappa shape index (κ3) is 4.98. The normalized spacial score (nSPS) is 15.2. The summed E-state index contributed by atoms with van der Waals surface area (Å²) in [5.74, 6) is 0. The lowest BCUT2D eigenvalue weighted by Crippen LogP contribution is -2.24. The van der Waals surface area contributed by atoms with Gasteiger partial charge in [-0.05, 0) is 38.3 Å². The summed E-state index contributed by atoms with van der Waals surface area (Å²) in [5.41, 5.74) is 6.03. The quantitative estimate of drug-likeness (QED) is 0.839. The first-order valence-electron chi connectivity index (χ1n) is 5.14. The monoisotopic (exact) mass is 247 g/mol. The van der Waals surface area contributed by atoms with Crippen LogP contribution in [0.3, 0.4) is 0 Å². The van der Waals surface area contributed by atoms with Crippen LogP contribution >= 0.6 is 22.9 Å². The molecule has 1 aromatic heterocycles. The molecule has 15 heavy (non-hydrogen) atoms. The van der Waals surface area contributed by atoms with E-state index in [4.69, 9.17) is 22.1 Å². The summed E-state index contributed by atoms with van der Waals surface area (Å²) < 4.78 is 6.02. The highest BCUT2D eigenvalue weighted by atomic mass is 35.5. The van der Waals surface area contributed by atoms with Crippen molar-refractivity contribution in [2.75, 3.05) is 7.11 Å². The fourth-order valence-corrected chi connectivity index (χ4v) is 2.57. The molecule has 0 saturated heterocycles. The van der Waals surface area contributed by atoms with Crippen LogP contribution in [0.5, 0.6) is 0 Å². The molecular formula is C11H18ClNOS. The first kappa shape index (κ1) is 13.0. The summed E-state index contributed by atoms with van der Waals surface area (Å²) >= 11 is 7.46. The van der Waals surface area contributed by atoms with Crippen LogP contribution in [0.4, 0.5) is 0 Å². The van der Waals surface area contributed by atoms with Crippen LogP contribution in [-0.2, 0) is 11.2 Å². The zero-order chi connectivity index (χ0) is 11.3. The molecule has 0 saturated carbocycles. The molecule has 1 rings (SSSR count). The second-order valence-corrected chi connectivity index (χ2v) is 5.59. The number of rotatable bonds is 6.